The van der Waals surface area contributed by atoms with Gasteiger partial charge in [-0.3, -0.25) is 4.79 Å². The Labute approximate surface area is 180 Å². The van der Waals surface area contributed by atoms with E-state index in [0.717, 1.165) is 5.56 Å². The lowest BCUT2D eigenvalue weighted by atomic mass is 9.87. The Balaban J connectivity index is 1.48. The molecular formula is C25H24N4O2. The van der Waals surface area contributed by atoms with Gasteiger partial charge in [0.1, 0.15) is 11.6 Å². The van der Waals surface area contributed by atoms with Crippen LogP contribution in [0.1, 0.15) is 42.3 Å². The zero-order valence-electron chi connectivity index (χ0n) is 17.7. The van der Waals surface area contributed by atoms with Crippen molar-refractivity contribution in [2.24, 2.45) is 5.10 Å². The van der Waals surface area contributed by atoms with Crippen LogP contribution in [0.5, 0.6) is 5.75 Å². The molecule has 0 aliphatic rings. The molecule has 4 rings (SSSR count). The number of aromatic hydroxyl groups is 1. The van der Waals surface area contributed by atoms with Crippen LogP contribution >= 0.6 is 0 Å². The number of imidazole rings is 1. The highest BCUT2D eigenvalue weighted by Gasteiger charge is 2.13. The summed E-state index contributed by atoms with van der Waals surface area (Å²) in [7, 11) is 0. The van der Waals surface area contributed by atoms with Gasteiger partial charge in [0.15, 0.2) is 0 Å². The second-order valence-corrected chi connectivity index (χ2v) is 8.41. The van der Waals surface area contributed by atoms with E-state index in [1.807, 2.05) is 18.2 Å². The number of rotatable bonds is 4. The van der Waals surface area contributed by atoms with E-state index in [1.54, 1.807) is 42.6 Å². The number of nitrogens with one attached hydrogen (secondary N) is 2. The fourth-order valence-electron chi connectivity index (χ4n) is 3.25. The number of para-hydroxylation sites is 1. The first kappa shape index (κ1) is 20.3. The summed E-state index contributed by atoms with van der Waals surface area (Å²) in [4.78, 5) is 20.1. The summed E-state index contributed by atoms with van der Waals surface area (Å²) in [5, 5.41) is 14.1. The molecule has 0 aliphatic carbocycles. The van der Waals surface area contributed by atoms with Crippen molar-refractivity contribution in [1.82, 2.24) is 15.4 Å². The molecule has 1 aromatic heterocycles. The van der Waals surface area contributed by atoms with Crippen LogP contribution in [-0.2, 0) is 5.41 Å². The Kier molecular flexibility index (Phi) is 5.29. The number of H-pyrrole nitrogens is 1. The molecule has 31 heavy (non-hydrogen) atoms. The van der Waals surface area contributed by atoms with E-state index in [0.29, 0.717) is 28.0 Å². The van der Waals surface area contributed by atoms with Gasteiger partial charge in [0.25, 0.3) is 5.91 Å². The smallest absolute Gasteiger partial charge is 0.271 e. The van der Waals surface area contributed by atoms with E-state index in [9.17, 15) is 9.90 Å². The number of fused-ring (bicyclic) bond motifs is 1. The number of amides is 1. The van der Waals surface area contributed by atoms with E-state index in [1.165, 1.54) is 5.56 Å². The van der Waals surface area contributed by atoms with Gasteiger partial charge in [-0.15, -0.1) is 0 Å². The molecule has 4 aromatic rings. The van der Waals surface area contributed by atoms with Gasteiger partial charge < -0.3 is 10.1 Å². The molecule has 6 nitrogen and oxygen atoms in total. The van der Waals surface area contributed by atoms with Gasteiger partial charge in [0.05, 0.1) is 22.8 Å². The van der Waals surface area contributed by atoms with Crippen molar-refractivity contribution in [3.8, 4) is 17.1 Å². The molecule has 0 spiro atoms. The van der Waals surface area contributed by atoms with Crippen LogP contribution in [-0.4, -0.2) is 27.2 Å². The number of carbonyl (C=O) groups excluding carboxylic acids is 1. The van der Waals surface area contributed by atoms with Crippen molar-refractivity contribution in [3.05, 3.63) is 83.4 Å². The summed E-state index contributed by atoms with van der Waals surface area (Å²) >= 11 is 0. The molecule has 0 radical (unpaired) electrons. The molecule has 1 heterocycles. The Morgan fingerprint density at radius 1 is 1.06 bits per heavy atom. The molecule has 0 atom stereocenters. The van der Waals surface area contributed by atoms with Crippen molar-refractivity contribution in [2.75, 3.05) is 0 Å². The quantitative estimate of drug-likeness (QED) is 0.325. The number of carbonyl (C=O) groups is 1. The summed E-state index contributed by atoms with van der Waals surface area (Å²) in [5.41, 5.74) is 7.27. The molecule has 0 unspecified atom stereocenters. The second kappa shape index (κ2) is 8.07. The minimum absolute atomic E-state index is 0.0916. The molecular weight excluding hydrogens is 388 g/mol. The standard InChI is InChI=1S/C25H24N4O2/c1-25(2,3)18-11-8-16(9-12-18)15-26-29-24(31)17-10-13-20-21(14-17)28-23(27-20)19-6-4-5-7-22(19)30/h4-15,30H,1-3H3,(H,27,28)(H,29,31)/b26-15+. The first-order valence-corrected chi connectivity index (χ1v) is 10.0. The third-order valence-electron chi connectivity index (χ3n) is 5.06. The van der Waals surface area contributed by atoms with Gasteiger partial charge >= 0.3 is 0 Å². The number of aromatic nitrogens is 2. The number of aromatic amines is 1. The molecule has 156 valence electrons. The fraction of sp³-hybridized carbons (Fsp3) is 0.160. The lowest BCUT2D eigenvalue weighted by Gasteiger charge is -2.18. The number of phenolic OH excluding ortho intramolecular Hbond substituents is 1. The van der Waals surface area contributed by atoms with Crippen LogP contribution in [0.25, 0.3) is 22.4 Å². The molecule has 0 fully saturated rings. The lowest BCUT2D eigenvalue weighted by molar-refractivity contribution is 0.0955. The van der Waals surface area contributed by atoms with Gasteiger partial charge in [-0.1, -0.05) is 57.2 Å². The molecule has 0 bridgehead atoms. The molecule has 3 aromatic carbocycles. The lowest BCUT2D eigenvalue weighted by Crippen LogP contribution is -2.17. The van der Waals surface area contributed by atoms with Gasteiger partial charge in [-0.05, 0) is 46.9 Å². The topological polar surface area (TPSA) is 90.4 Å². The summed E-state index contributed by atoms with van der Waals surface area (Å²) in [6.07, 6.45) is 1.62. The number of phenols is 1. The van der Waals surface area contributed by atoms with Gasteiger partial charge in [0.2, 0.25) is 0 Å². The fourth-order valence-corrected chi connectivity index (χ4v) is 3.25. The summed E-state index contributed by atoms with van der Waals surface area (Å²) in [6.45, 7) is 6.50. The normalized spacial score (nSPS) is 11.8. The average Bonchev–Trinajstić information content (AvgIpc) is 3.17. The van der Waals surface area contributed by atoms with E-state index in [-0.39, 0.29) is 17.1 Å². The third-order valence-corrected chi connectivity index (χ3v) is 5.06. The minimum atomic E-state index is -0.317. The molecule has 6 heteroatoms. The van der Waals surface area contributed by atoms with Crippen molar-refractivity contribution in [3.63, 3.8) is 0 Å². The number of nitrogens with zero attached hydrogens (tertiary/aromatic N) is 2. The SMILES string of the molecule is CC(C)(C)c1ccc(/C=N/NC(=O)c2ccc3nc(-c4ccccc4O)[nH]c3c2)cc1. The van der Waals surface area contributed by atoms with Gasteiger partial charge in [-0.25, -0.2) is 10.4 Å². The number of hydrogen-bond acceptors (Lipinski definition) is 4. The number of benzene rings is 3. The van der Waals surface area contributed by atoms with Gasteiger partial charge in [-0.2, -0.15) is 5.10 Å². The Bertz CT molecular complexity index is 1260. The van der Waals surface area contributed by atoms with Crippen LogP contribution in [0.2, 0.25) is 0 Å². The summed E-state index contributed by atoms with van der Waals surface area (Å²) in [6, 6.07) is 20.2. The van der Waals surface area contributed by atoms with Crippen molar-refractivity contribution in [2.45, 2.75) is 26.2 Å². The Morgan fingerprint density at radius 2 is 1.81 bits per heavy atom. The monoisotopic (exact) mass is 412 g/mol. The number of hydrogen-bond donors (Lipinski definition) is 3. The Morgan fingerprint density at radius 3 is 2.52 bits per heavy atom. The number of hydrazone groups is 1. The Hall–Kier alpha value is -3.93. The molecule has 1 amide bonds. The van der Waals surface area contributed by atoms with E-state index in [4.69, 9.17) is 0 Å². The minimum Gasteiger partial charge on any atom is -0.507 e. The van der Waals surface area contributed by atoms with Crippen LogP contribution in [0.4, 0.5) is 0 Å². The predicted octanol–water partition coefficient (Wildman–Crippen LogP) is 5.00. The molecule has 0 saturated carbocycles. The average molecular weight is 412 g/mol. The zero-order valence-corrected chi connectivity index (χ0v) is 17.7. The third kappa shape index (κ3) is 4.48. The van der Waals surface area contributed by atoms with Crippen LogP contribution < -0.4 is 5.43 Å². The van der Waals surface area contributed by atoms with Crippen LogP contribution in [0.3, 0.4) is 0 Å². The van der Waals surface area contributed by atoms with Crippen molar-refractivity contribution < 1.29 is 9.90 Å². The maximum atomic E-state index is 12.5. The van der Waals surface area contributed by atoms with Crippen LogP contribution in [0, 0.1) is 0 Å². The maximum Gasteiger partial charge on any atom is 0.271 e. The second-order valence-electron chi connectivity index (χ2n) is 8.41. The first-order valence-electron chi connectivity index (χ1n) is 10.0. The highest BCUT2D eigenvalue weighted by Crippen LogP contribution is 2.28. The highest BCUT2D eigenvalue weighted by molar-refractivity contribution is 5.98. The van der Waals surface area contributed by atoms with E-state index in [2.05, 4.69) is 53.4 Å². The largest absolute Gasteiger partial charge is 0.507 e. The molecule has 0 saturated heterocycles. The van der Waals surface area contributed by atoms with E-state index >= 15 is 0 Å². The van der Waals surface area contributed by atoms with Gasteiger partial charge in [0, 0.05) is 5.56 Å². The maximum absolute atomic E-state index is 12.5. The highest BCUT2D eigenvalue weighted by atomic mass is 16.3. The molecule has 3 N–H and O–H groups in total. The summed E-state index contributed by atoms with van der Waals surface area (Å²) in [5.74, 6) is 0.370. The summed E-state index contributed by atoms with van der Waals surface area (Å²) < 4.78 is 0. The van der Waals surface area contributed by atoms with Crippen molar-refractivity contribution >= 4 is 23.2 Å². The zero-order chi connectivity index (χ0) is 22.0. The predicted molar refractivity (Wildman–Crippen MR) is 123 cm³/mol. The van der Waals surface area contributed by atoms with Crippen molar-refractivity contribution in [1.29, 1.82) is 0 Å². The first-order chi connectivity index (χ1) is 14.8. The molecule has 0 aliphatic heterocycles. The van der Waals surface area contributed by atoms with E-state index < -0.39 is 0 Å². The van der Waals surface area contributed by atoms with Crippen LogP contribution in [0.15, 0.2) is 71.8 Å².